The predicted molar refractivity (Wildman–Crippen MR) is 89.5 cm³/mol. The van der Waals surface area contributed by atoms with Crippen LogP contribution in [0.15, 0.2) is 46.9 Å². The number of amides is 1. The van der Waals surface area contributed by atoms with E-state index in [1.807, 2.05) is 12.1 Å². The van der Waals surface area contributed by atoms with Gasteiger partial charge in [0.25, 0.3) is 5.56 Å². The molecule has 0 aliphatic rings. The highest BCUT2D eigenvalue weighted by atomic mass is 32.2. The van der Waals surface area contributed by atoms with Gasteiger partial charge in [-0.15, -0.1) is 16.8 Å². The van der Waals surface area contributed by atoms with Gasteiger partial charge in [0, 0.05) is 6.54 Å². The van der Waals surface area contributed by atoms with Crippen LogP contribution < -0.4 is 11.3 Å². The van der Waals surface area contributed by atoms with Gasteiger partial charge < -0.3 is 5.73 Å². The first-order chi connectivity index (χ1) is 11.0. The second-order valence-electron chi connectivity index (χ2n) is 5.00. The number of nitrogens with two attached hydrogens (primary N) is 1. The van der Waals surface area contributed by atoms with E-state index in [1.165, 1.54) is 16.3 Å². The molecular formula is C15H15N5O2S. The topological polar surface area (TPSA) is 95.3 Å². The molecule has 118 valence electrons. The first-order valence-corrected chi connectivity index (χ1v) is 7.86. The molecular weight excluding hydrogens is 314 g/mol. The number of aromatic nitrogens is 4. The summed E-state index contributed by atoms with van der Waals surface area (Å²) >= 11 is 1.21. The van der Waals surface area contributed by atoms with Crippen molar-refractivity contribution in [3.8, 4) is 0 Å². The van der Waals surface area contributed by atoms with Crippen LogP contribution in [0.1, 0.15) is 6.92 Å². The Labute approximate surface area is 135 Å². The SMILES string of the molecule is C=CCn1c(=O)c2ccccc2n2c(S[C@@H](C)C(N)=O)nnc12. The van der Waals surface area contributed by atoms with Gasteiger partial charge in [0.2, 0.25) is 11.7 Å². The van der Waals surface area contributed by atoms with Crippen molar-refractivity contribution in [2.75, 3.05) is 0 Å². The van der Waals surface area contributed by atoms with Crippen LogP contribution in [0.5, 0.6) is 0 Å². The van der Waals surface area contributed by atoms with Gasteiger partial charge in [-0.3, -0.25) is 18.6 Å². The number of para-hydroxylation sites is 1. The van der Waals surface area contributed by atoms with Crippen molar-refractivity contribution >= 4 is 34.3 Å². The summed E-state index contributed by atoms with van der Waals surface area (Å²) in [4.78, 5) is 23.9. The Kier molecular flexibility index (Phi) is 3.91. The Bertz CT molecular complexity index is 975. The molecule has 0 saturated carbocycles. The van der Waals surface area contributed by atoms with E-state index in [1.54, 1.807) is 29.5 Å². The molecule has 0 aliphatic heterocycles. The van der Waals surface area contributed by atoms with E-state index in [-0.39, 0.29) is 5.56 Å². The van der Waals surface area contributed by atoms with Crippen LogP contribution in [0, 0.1) is 0 Å². The lowest BCUT2D eigenvalue weighted by molar-refractivity contribution is -0.117. The summed E-state index contributed by atoms with van der Waals surface area (Å²) in [7, 11) is 0. The minimum atomic E-state index is -0.457. The second kappa shape index (κ2) is 5.88. The highest BCUT2D eigenvalue weighted by Crippen LogP contribution is 2.24. The summed E-state index contributed by atoms with van der Waals surface area (Å²) in [6.07, 6.45) is 1.63. The average molecular weight is 329 g/mol. The monoisotopic (exact) mass is 329 g/mol. The van der Waals surface area contributed by atoms with Gasteiger partial charge in [-0.2, -0.15) is 0 Å². The van der Waals surface area contributed by atoms with Crippen LogP contribution in [0.25, 0.3) is 16.7 Å². The third-order valence-electron chi connectivity index (χ3n) is 3.47. The lowest BCUT2D eigenvalue weighted by Gasteiger charge is -2.10. The Morgan fingerprint density at radius 2 is 2.17 bits per heavy atom. The minimum absolute atomic E-state index is 0.153. The standard InChI is InChI=1S/C15H15N5O2S/c1-3-8-19-13(22)10-6-4-5-7-11(10)20-14(19)17-18-15(20)23-9(2)12(16)21/h3-7,9H,1,8H2,2H3,(H2,16,21)/t9-/m0/s1. The van der Waals surface area contributed by atoms with Crippen molar-refractivity contribution in [1.82, 2.24) is 19.2 Å². The van der Waals surface area contributed by atoms with Gasteiger partial charge in [0.05, 0.1) is 16.2 Å². The number of rotatable bonds is 5. The largest absolute Gasteiger partial charge is 0.369 e. The molecule has 8 heteroatoms. The number of hydrogen-bond donors (Lipinski definition) is 1. The maximum atomic E-state index is 12.6. The lowest BCUT2D eigenvalue weighted by Crippen LogP contribution is -2.24. The van der Waals surface area contributed by atoms with Crippen LogP contribution in [-0.2, 0) is 11.3 Å². The van der Waals surface area contributed by atoms with Gasteiger partial charge in [0.1, 0.15) is 0 Å². The molecule has 2 N–H and O–H groups in total. The number of nitrogens with zero attached hydrogens (tertiary/aromatic N) is 4. The Morgan fingerprint density at radius 1 is 1.43 bits per heavy atom. The van der Waals surface area contributed by atoms with Crippen LogP contribution in [0.4, 0.5) is 0 Å². The number of carbonyl (C=O) groups excluding carboxylic acids is 1. The van der Waals surface area contributed by atoms with Crippen molar-refractivity contribution in [2.45, 2.75) is 23.9 Å². The molecule has 2 heterocycles. The molecule has 0 unspecified atom stereocenters. The molecule has 7 nitrogen and oxygen atoms in total. The van der Waals surface area contributed by atoms with E-state index in [9.17, 15) is 9.59 Å². The quantitative estimate of drug-likeness (QED) is 0.560. The molecule has 1 aromatic carbocycles. The summed E-state index contributed by atoms with van der Waals surface area (Å²) in [5.41, 5.74) is 5.86. The van der Waals surface area contributed by atoms with Gasteiger partial charge in [-0.25, -0.2) is 0 Å². The van der Waals surface area contributed by atoms with E-state index in [0.29, 0.717) is 28.4 Å². The number of hydrogen-bond acceptors (Lipinski definition) is 5. The molecule has 2 aromatic heterocycles. The Hall–Kier alpha value is -2.61. The van der Waals surface area contributed by atoms with Crippen molar-refractivity contribution < 1.29 is 4.79 Å². The van der Waals surface area contributed by atoms with Crippen molar-refractivity contribution in [3.63, 3.8) is 0 Å². The number of fused-ring (bicyclic) bond motifs is 3. The van der Waals surface area contributed by atoms with Crippen molar-refractivity contribution in [1.29, 1.82) is 0 Å². The van der Waals surface area contributed by atoms with E-state index in [0.717, 1.165) is 0 Å². The Morgan fingerprint density at radius 3 is 2.87 bits per heavy atom. The lowest BCUT2D eigenvalue weighted by atomic mass is 10.2. The zero-order valence-electron chi connectivity index (χ0n) is 12.5. The third kappa shape index (κ3) is 2.50. The first-order valence-electron chi connectivity index (χ1n) is 6.98. The maximum Gasteiger partial charge on any atom is 0.263 e. The van der Waals surface area contributed by atoms with Gasteiger partial charge in [0.15, 0.2) is 5.16 Å². The number of benzene rings is 1. The molecule has 1 atom stereocenters. The number of primary amides is 1. The molecule has 3 rings (SSSR count). The van der Waals surface area contributed by atoms with Crippen LogP contribution in [0.3, 0.4) is 0 Å². The fourth-order valence-electron chi connectivity index (χ4n) is 2.32. The van der Waals surface area contributed by atoms with Crippen LogP contribution in [-0.4, -0.2) is 30.3 Å². The van der Waals surface area contributed by atoms with Crippen molar-refractivity contribution in [2.24, 2.45) is 5.73 Å². The summed E-state index contributed by atoms with van der Waals surface area (Å²) < 4.78 is 3.27. The molecule has 1 amide bonds. The van der Waals surface area contributed by atoms with Crippen LogP contribution in [0.2, 0.25) is 0 Å². The van der Waals surface area contributed by atoms with E-state index >= 15 is 0 Å². The first kappa shape index (κ1) is 15.3. The number of thioether (sulfide) groups is 1. The normalized spacial score (nSPS) is 12.6. The van der Waals surface area contributed by atoms with Gasteiger partial charge in [-0.1, -0.05) is 30.0 Å². The molecule has 0 radical (unpaired) electrons. The van der Waals surface area contributed by atoms with Crippen LogP contribution >= 0.6 is 11.8 Å². The maximum absolute atomic E-state index is 12.6. The smallest absolute Gasteiger partial charge is 0.263 e. The molecule has 0 bridgehead atoms. The number of allylic oxidation sites excluding steroid dienone is 1. The van der Waals surface area contributed by atoms with Gasteiger partial charge >= 0.3 is 0 Å². The predicted octanol–water partition coefficient (Wildman–Crippen LogP) is 1.20. The molecule has 0 fully saturated rings. The third-order valence-corrected chi connectivity index (χ3v) is 4.53. The Balaban J connectivity index is 2.35. The van der Waals surface area contributed by atoms with Crippen molar-refractivity contribution in [3.05, 3.63) is 47.3 Å². The fourth-order valence-corrected chi connectivity index (χ4v) is 3.13. The molecule has 0 spiro atoms. The highest BCUT2D eigenvalue weighted by Gasteiger charge is 2.19. The molecule has 3 aromatic rings. The number of carbonyl (C=O) groups is 1. The average Bonchev–Trinajstić information content (AvgIpc) is 2.95. The van der Waals surface area contributed by atoms with Gasteiger partial charge in [-0.05, 0) is 19.1 Å². The molecule has 0 aliphatic carbocycles. The van der Waals surface area contributed by atoms with E-state index < -0.39 is 11.2 Å². The highest BCUT2D eigenvalue weighted by molar-refractivity contribution is 8.00. The minimum Gasteiger partial charge on any atom is -0.369 e. The van der Waals surface area contributed by atoms with E-state index in [4.69, 9.17) is 5.73 Å². The summed E-state index contributed by atoms with van der Waals surface area (Å²) in [5, 5.41) is 8.85. The molecule has 0 saturated heterocycles. The zero-order valence-corrected chi connectivity index (χ0v) is 13.3. The summed E-state index contributed by atoms with van der Waals surface area (Å²) in [6, 6.07) is 7.22. The van der Waals surface area contributed by atoms with E-state index in [2.05, 4.69) is 16.8 Å². The summed E-state index contributed by atoms with van der Waals surface area (Å²) in [6.45, 7) is 5.70. The summed E-state index contributed by atoms with van der Waals surface area (Å²) in [5.74, 6) is -0.0248. The fraction of sp³-hybridized carbons (Fsp3) is 0.200. The second-order valence-corrected chi connectivity index (χ2v) is 6.31. The molecule has 23 heavy (non-hydrogen) atoms. The zero-order chi connectivity index (χ0) is 16.6.